The molecule has 0 spiro atoms. The third kappa shape index (κ3) is 2.82. The fourth-order valence-corrected chi connectivity index (χ4v) is 1.95. The lowest BCUT2D eigenvalue weighted by atomic mass is 10.0. The molecular weight excluding hydrogens is 196 g/mol. The Bertz CT molecular complexity index is 222. The molecule has 2 N–H and O–H groups in total. The molecule has 1 aliphatic heterocycles. The summed E-state index contributed by atoms with van der Waals surface area (Å²) in [6, 6.07) is 0.632. The van der Waals surface area contributed by atoms with E-state index in [9.17, 15) is 0 Å². The van der Waals surface area contributed by atoms with Gasteiger partial charge in [0.15, 0.2) is 5.11 Å². The van der Waals surface area contributed by atoms with Crippen molar-refractivity contribution in [3.8, 4) is 0 Å². The second-order valence-electron chi connectivity index (χ2n) is 4.50. The van der Waals surface area contributed by atoms with Crippen molar-refractivity contribution in [3.05, 3.63) is 0 Å². The van der Waals surface area contributed by atoms with Gasteiger partial charge in [-0.25, -0.2) is 0 Å². The molecular formula is C10H18N2OS. The molecule has 4 heteroatoms. The summed E-state index contributed by atoms with van der Waals surface area (Å²) in [5, 5.41) is 7.27. The zero-order chi connectivity index (χ0) is 10.0. The van der Waals surface area contributed by atoms with Gasteiger partial charge in [0, 0.05) is 19.2 Å². The Morgan fingerprint density at radius 1 is 1.57 bits per heavy atom. The summed E-state index contributed by atoms with van der Waals surface area (Å²) in [6.45, 7) is 3.86. The van der Waals surface area contributed by atoms with Crippen molar-refractivity contribution in [1.82, 2.24) is 10.6 Å². The van der Waals surface area contributed by atoms with Crippen LogP contribution in [0.25, 0.3) is 0 Å². The van der Waals surface area contributed by atoms with Crippen LogP contribution in [0, 0.1) is 0 Å². The molecule has 80 valence electrons. The number of hydrogen-bond donors (Lipinski definition) is 2. The molecule has 0 radical (unpaired) electrons. The van der Waals surface area contributed by atoms with Gasteiger partial charge < -0.3 is 15.4 Å². The SMILES string of the molecule is CC1(CNC(=S)NC2CC2)CCCO1. The Hall–Kier alpha value is -0.350. The van der Waals surface area contributed by atoms with Crippen LogP contribution in [0.15, 0.2) is 0 Å². The van der Waals surface area contributed by atoms with E-state index in [1.54, 1.807) is 0 Å². The standard InChI is InChI=1S/C10H18N2OS/c1-10(5-2-6-13-10)7-11-9(14)12-8-3-4-8/h8H,2-7H2,1H3,(H2,11,12,14). The zero-order valence-corrected chi connectivity index (χ0v) is 9.45. The highest BCUT2D eigenvalue weighted by Gasteiger charge is 2.30. The largest absolute Gasteiger partial charge is 0.373 e. The summed E-state index contributed by atoms with van der Waals surface area (Å²) >= 11 is 5.18. The topological polar surface area (TPSA) is 33.3 Å². The minimum Gasteiger partial charge on any atom is -0.373 e. The summed E-state index contributed by atoms with van der Waals surface area (Å²) < 4.78 is 5.66. The third-order valence-corrected chi connectivity index (χ3v) is 3.10. The maximum atomic E-state index is 5.66. The maximum absolute atomic E-state index is 5.66. The molecule has 1 heterocycles. The Morgan fingerprint density at radius 2 is 2.36 bits per heavy atom. The first-order valence-corrected chi connectivity index (χ1v) is 5.77. The lowest BCUT2D eigenvalue weighted by Gasteiger charge is -2.24. The van der Waals surface area contributed by atoms with Crippen molar-refractivity contribution in [3.63, 3.8) is 0 Å². The van der Waals surface area contributed by atoms with Crippen LogP contribution in [0.4, 0.5) is 0 Å². The molecule has 0 aromatic rings. The first kappa shape index (κ1) is 10.2. The van der Waals surface area contributed by atoms with E-state index in [4.69, 9.17) is 17.0 Å². The van der Waals surface area contributed by atoms with Gasteiger partial charge in [-0.3, -0.25) is 0 Å². The van der Waals surface area contributed by atoms with E-state index in [-0.39, 0.29) is 5.60 Å². The van der Waals surface area contributed by atoms with Crippen molar-refractivity contribution in [1.29, 1.82) is 0 Å². The predicted molar refractivity (Wildman–Crippen MR) is 60.3 cm³/mol. The van der Waals surface area contributed by atoms with E-state index >= 15 is 0 Å². The second kappa shape index (κ2) is 4.03. The molecule has 1 saturated heterocycles. The van der Waals surface area contributed by atoms with Crippen LogP contribution in [-0.4, -0.2) is 29.9 Å². The van der Waals surface area contributed by atoms with E-state index in [0.29, 0.717) is 6.04 Å². The van der Waals surface area contributed by atoms with Gasteiger partial charge in [-0.05, 0) is 44.8 Å². The maximum Gasteiger partial charge on any atom is 0.166 e. The number of thiocarbonyl (C=S) groups is 1. The molecule has 3 nitrogen and oxygen atoms in total. The Morgan fingerprint density at radius 3 is 2.93 bits per heavy atom. The average molecular weight is 214 g/mol. The molecule has 1 unspecified atom stereocenters. The predicted octanol–water partition coefficient (Wildman–Crippen LogP) is 1.18. The van der Waals surface area contributed by atoms with E-state index in [1.165, 1.54) is 19.3 Å². The smallest absolute Gasteiger partial charge is 0.166 e. The summed E-state index contributed by atoms with van der Waals surface area (Å²) in [6.07, 6.45) is 4.82. The second-order valence-corrected chi connectivity index (χ2v) is 4.91. The van der Waals surface area contributed by atoms with Crippen LogP contribution in [0.1, 0.15) is 32.6 Å². The molecule has 0 aromatic carbocycles. The molecule has 1 saturated carbocycles. The van der Waals surface area contributed by atoms with Gasteiger partial charge in [-0.15, -0.1) is 0 Å². The summed E-state index contributed by atoms with van der Waals surface area (Å²) in [4.78, 5) is 0. The van der Waals surface area contributed by atoms with Crippen LogP contribution in [-0.2, 0) is 4.74 Å². The van der Waals surface area contributed by atoms with Crippen LogP contribution in [0.3, 0.4) is 0 Å². The number of nitrogens with one attached hydrogen (secondary N) is 2. The molecule has 2 rings (SSSR count). The molecule has 2 fully saturated rings. The third-order valence-electron chi connectivity index (χ3n) is 2.84. The molecule has 0 bridgehead atoms. The Balaban J connectivity index is 1.67. The normalized spacial score (nSPS) is 31.5. The molecule has 1 atom stereocenters. The van der Waals surface area contributed by atoms with Gasteiger partial charge in [0.05, 0.1) is 5.60 Å². The minimum absolute atomic E-state index is 0.00467. The molecule has 0 amide bonds. The Kier molecular flexibility index (Phi) is 2.93. The highest BCUT2D eigenvalue weighted by molar-refractivity contribution is 7.80. The molecule has 14 heavy (non-hydrogen) atoms. The fraction of sp³-hybridized carbons (Fsp3) is 0.900. The van der Waals surface area contributed by atoms with Crippen LogP contribution in [0.5, 0.6) is 0 Å². The van der Waals surface area contributed by atoms with E-state index in [0.717, 1.165) is 24.7 Å². The number of ether oxygens (including phenoxy) is 1. The van der Waals surface area contributed by atoms with Crippen LogP contribution >= 0.6 is 12.2 Å². The van der Waals surface area contributed by atoms with Crippen molar-refractivity contribution < 1.29 is 4.74 Å². The van der Waals surface area contributed by atoms with E-state index < -0.39 is 0 Å². The lowest BCUT2D eigenvalue weighted by molar-refractivity contribution is 0.0244. The van der Waals surface area contributed by atoms with Crippen molar-refractivity contribution in [2.45, 2.75) is 44.2 Å². The van der Waals surface area contributed by atoms with E-state index in [1.807, 2.05) is 0 Å². The monoisotopic (exact) mass is 214 g/mol. The zero-order valence-electron chi connectivity index (χ0n) is 8.64. The Labute approximate surface area is 90.6 Å². The van der Waals surface area contributed by atoms with Crippen LogP contribution in [0.2, 0.25) is 0 Å². The quantitative estimate of drug-likeness (QED) is 0.691. The van der Waals surface area contributed by atoms with Gasteiger partial charge in [0.25, 0.3) is 0 Å². The van der Waals surface area contributed by atoms with Gasteiger partial charge in [0.2, 0.25) is 0 Å². The van der Waals surface area contributed by atoms with Gasteiger partial charge >= 0.3 is 0 Å². The van der Waals surface area contributed by atoms with Crippen molar-refractivity contribution in [2.75, 3.05) is 13.2 Å². The molecule has 0 aromatic heterocycles. The van der Waals surface area contributed by atoms with Crippen molar-refractivity contribution in [2.24, 2.45) is 0 Å². The molecule has 1 aliphatic carbocycles. The highest BCUT2D eigenvalue weighted by atomic mass is 32.1. The summed E-state index contributed by atoms with van der Waals surface area (Å²) in [7, 11) is 0. The first-order valence-electron chi connectivity index (χ1n) is 5.36. The van der Waals surface area contributed by atoms with Gasteiger partial charge in [0.1, 0.15) is 0 Å². The van der Waals surface area contributed by atoms with Gasteiger partial charge in [-0.1, -0.05) is 0 Å². The average Bonchev–Trinajstić information content (AvgIpc) is 2.85. The minimum atomic E-state index is -0.00467. The number of rotatable bonds is 3. The van der Waals surface area contributed by atoms with Gasteiger partial charge in [-0.2, -0.15) is 0 Å². The van der Waals surface area contributed by atoms with E-state index in [2.05, 4.69) is 17.6 Å². The summed E-state index contributed by atoms with van der Waals surface area (Å²) in [5.74, 6) is 0. The van der Waals surface area contributed by atoms with Crippen molar-refractivity contribution >= 4 is 17.3 Å². The first-order chi connectivity index (χ1) is 6.68. The van der Waals surface area contributed by atoms with Crippen LogP contribution < -0.4 is 10.6 Å². The summed E-state index contributed by atoms with van der Waals surface area (Å²) in [5.41, 5.74) is -0.00467. The fourth-order valence-electron chi connectivity index (χ4n) is 1.71. The number of hydrogen-bond acceptors (Lipinski definition) is 2. The molecule has 2 aliphatic rings. The lowest BCUT2D eigenvalue weighted by Crippen LogP contribution is -2.44. The highest BCUT2D eigenvalue weighted by Crippen LogP contribution is 2.24.